The van der Waals surface area contributed by atoms with Gasteiger partial charge >= 0.3 is 0 Å². The number of rotatable bonds is 3. The first kappa shape index (κ1) is 12.9. The topological polar surface area (TPSA) is 76.9 Å². The van der Waals surface area contributed by atoms with Gasteiger partial charge in [-0.3, -0.25) is 9.29 Å². The van der Waals surface area contributed by atoms with Crippen LogP contribution in [0.4, 0.5) is 5.69 Å². The van der Waals surface area contributed by atoms with Crippen LogP contribution >= 0.6 is 11.6 Å². The second kappa shape index (κ2) is 5.10. The van der Waals surface area contributed by atoms with Crippen molar-refractivity contribution >= 4 is 39.1 Å². The number of fused-ring (bicyclic) bond motifs is 1. The molecule has 102 valence electrons. The van der Waals surface area contributed by atoms with Crippen LogP contribution in [0.25, 0.3) is 16.7 Å². The minimum atomic E-state index is -2.73. The fourth-order valence-corrected chi connectivity index (χ4v) is 2.53. The van der Waals surface area contributed by atoms with Gasteiger partial charge in [-0.1, -0.05) is 18.2 Å². The lowest BCUT2D eigenvalue weighted by Gasteiger charge is -2.03. The molecule has 0 aliphatic heterocycles. The summed E-state index contributed by atoms with van der Waals surface area (Å²) in [5.41, 5.74) is 1.31. The molecule has 0 fully saturated rings. The van der Waals surface area contributed by atoms with E-state index in [4.69, 9.17) is 11.6 Å². The van der Waals surface area contributed by atoms with E-state index in [2.05, 4.69) is 14.7 Å². The number of nitrogens with one attached hydrogen (secondary N) is 1. The Morgan fingerprint density at radius 3 is 2.75 bits per heavy atom. The minimum Gasteiger partial charge on any atom is -0.299 e. The summed E-state index contributed by atoms with van der Waals surface area (Å²) in [6, 6.07) is 9.09. The van der Waals surface area contributed by atoms with Gasteiger partial charge in [-0.05, 0) is 23.7 Å². The SMILES string of the molecule is O=[SH](=O)Nc1cn(-c2ccnc(Cl)n2)c2ccccc12. The van der Waals surface area contributed by atoms with Crippen LogP contribution in [0.3, 0.4) is 0 Å². The zero-order chi connectivity index (χ0) is 14.1. The van der Waals surface area contributed by atoms with Gasteiger partial charge in [0.2, 0.25) is 16.2 Å². The van der Waals surface area contributed by atoms with Gasteiger partial charge in [0.25, 0.3) is 0 Å². The number of nitrogens with zero attached hydrogens (tertiary/aromatic N) is 3. The minimum absolute atomic E-state index is 0.129. The molecule has 0 aliphatic rings. The molecule has 0 amide bonds. The van der Waals surface area contributed by atoms with Gasteiger partial charge in [-0.25, -0.2) is 13.4 Å². The molecule has 8 heteroatoms. The van der Waals surface area contributed by atoms with E-state index in [9.17, 15) is 8.42 Å². The largest absolute Gasteiger partial charge is 0.299 e. The summed E-state index contributed by atoms with van der Waals surface area (Å²) in [6.07, 6.45) is 3.20. The van der Waals surface area contributed by atoms with Crippen molar-refractivity contribution in [2.45, 2.75) is 0 Å². The molecule has 0 radical (unpaired) electrons. The molecular weight excluding hydrogens is 300 g/mol. The van der Waals surface area contributed by atoms with Crippen molar-refractivity contribution in [3.8, 4) is 5.82 Å². The average molecular weight is 309 g/mol. The Morgan fingerprint density at radius 2 is 2.00 bits per heavy atom. The Bertz CT molecular complexity index is 852. The lowest BCUT2D eigenvalue weighted by atomic mass is 10.2. The number of halogens is 1. The Kier molecular flexibility index (Phi) is 3.29. The maximum atomic E-state index is 10.9. The van der Waals surface area contributed by atoms with Gasteiger partial charge in [0, 0.05) is 17.8 Å². The lowest BCUT2D eigenvalue weighted by molar-refractivity contribution is 0.619. The highest BCUT2D eigenvalue weighted by Crippen LogP contribution is 2.28. The van der Waals surface area contributed by atoms with Crippen LogP contribution in [-0.4, -0.2) is 23.0 Å². The smallest absolute Gasteiger partial charge is 0.224 e. The van der Waals surface area contributed by atoms with E-state index in [0.717, 1.165) is 10.9 Å². The molecule has 2 heterocycles. The predicted octanol–water partition coefficient (Wildman–Crippen LogP) is 2.01. The molecule has 0 saturated carbocycles. The molecule has 1 aromatic carbocycles. The number of para-hydroxylation sites is 1. The summed E-state index contributed by atoms with van der Waals surface area (Å²) in [5.74, 6) is 0.565. The normalized spacial score (nSPS) is 11.1. The fraction of sp³-hybridized carbons (Fsp3) is 0. The van der Waals surface area contributed by atoms with Crippen molar-refractivity contribution in [1.82, 2.24) is 14.5 Å². The molecule has 3 rings (SSSR count). The second-order valence-corrected chi connectivity index (χ2v) is 5.06. The summed E-state index contributed by atoms with van der Waals surface area (Å²) < 4.78 is 25.9. The van der Waals surface area contributed by atoms with Crippen LogP contribution in [0, 0.1) is 0 Å². The molecule has 0 aliphatic carbocycles. The fourth-order valence-electron chi connectivity index (χ4n) is 2.02. The Labute approximate surface area is 121 Å². The predicted molar refractivity (Wildman–Crippen MR) is 77.8 cm³/mol. The van der Waals surface area contributed by atoms with Gasteiger partial charge in [0.05, 0.1) is 11.2 Å². The monoisotopic (exact) mass is 308 g/mol. The Morgan fingerprint density at radius 1 is 1.20 bits per heavy atom. The van der Waals surface area contributed by atoms with Crippen molar-refractivity contribution in [2.24, 2.45) is 0 Å². The molecule has 2 aromatic heterocycles. The third-order valence-electron chi connectivity index (χ3n) is 2.78. The maximum absolute atomic E-state index is 10.9. The van der Waals surface area contributed by atoms with Gasteiger partial charge in [-0.15, -0.1) is 0 Å². The van der Waals surface area contributed by atoms with E-state index in [-0.39, 0.29) is 5.28 Å². The van der Waals surface area contributed by atoms with Crippen molar-refractivity contribution < 1.29 is 8.42 Å². The summed E-state index contributed by atoms with van der Waals surface area (Å²) in [5, 5.41) is 0.908. The molecule has 0 spiro atoms. The number of aromatic nitrogens is 3. The third kappa shape index (κ3) is 2.33. The van der Waals surface area contributed by atoms with Crippen LogP contribution < -0.4 is 4.72 Å². The van der Waals surface area contributed by atoms with E-state index in [0.29, 0.717) is 11.5 Å². The highest BCUT2D eigenvalue weighted by atomic mass is 35.5. The molecule has 3 aromatic rings. The first-order chi connectivity index (χ1) is 9.65. The zero-order valence-corrected chi connectivity index (χ0v) is 11.7. The van der Waals surface area contributed by atoms with Gasteiger partial charge in [0.1, 0.15) is 5.82 Å². The molecule has 1 N–H and O–H groups in total. The van der Waals surface area contributed by atoms with Gasteiger partial charge in [-0.2, -0.15) is 4.98 Å². The average Bonchev–Trinajstić information content (AvgIpc) is 2.77. The molecule has 0 saturated heterocycles. The molecule has 0 atom stereocenters. The van der Waals surface area contributed by atoms with Crippen LogP contribution in [0.5, 0.6) is 0 Å². The number of thiol groups is 1. The third-order valence-corrected chi connectivity index (χ3v) is 3.39. The Balaban J connectivity index is 2.26. The van der Waals surface area contributed by atoms with E-state index in [1.165, 1.54) is 0 Å². The molecular formula is C12H9ClN4O2S. The van der Waals surface area contributed by atoms with Gasteiger partial charge in [0.15, 0.2) is 0 Å². The van der Waals surface area contributed by atoms with Crippen LogP contribution in [0.15, 0.2) is 42.7 Å². The second-order valence-electron chi connectivity index (χ2n) is 3.98. The summed E-state index contributed by atoms with van der Waals surface area (Å²) in [4.78, 5) is 7.95. The van der Waals surface area contributed by atoms with Gasteiger partial charge < -0.3 is 0 Å². The number of hydrogen-bond acceptors (Lipinski definition) is 4. The van der Waals surface area contributed by atoms with E-state index >= 15 is 0 Å². The summed E-state index contributed by atoms with van der Waals surface area (Å²) in [6.45, 7) is 0. The van der Waals surface area contributed by atoms with E-state index in [1.807, 2.05) is 24.3 Å². The lowest BCUT2D eigenvalue weighted by Crippen LogP contribution is -1.97. The molecule has 0 unspecified atom stereocenters. The van der Waals surface area contributed by atoms with Crippen molar-refractivity contribution in [3.05, 3.63) is 48.0 Å². The first-order valence-corrected chi connectivity index (χ1v) is 7.21. The highest BCUT2D eigenvalue weighted by Gasteiger charge is 2.10. The maximum Gasteiger partial charge on any atom is 0.224 e. The first-order valence-electron chi connectivity index (χ1n) is 5.65. The highest BCUT2D eigenvalue weighted by molar-refractivity contribution is 7.73. The van der Waals surface area contributed by atoms with Crippen LogP contribution in [0.1, 0.15) is 0 Å². The van der Waals surface area contributed by atoms with Crippen LogP contribution in [-0.2, 0) is 10.9 Å². The van der Waals surface area contributed by atoms with E-state index < -0.39 is 10.9 Å². The van der Waals surface area contributed by atoms with Crippen LogP contribution in [0.2, 0.25) is 5.28 Å². The number of benzene rings is 1. The molecule has 20 heavy (non-hydrogen) atoms. The van der Waals surface area contributed by atoms with Crippen molar-refractivity contribution in [2.75, 3.05) is 4.72 Å². The quantitative estimate of drug-likeness (QED) is 0.573. The zero-order valence-electron chi connectivity index (χ0n) is 10.0. The van der Waals surface area contributed by atoms with E-state index in [1.54, 1.807) is 23.0 Å². The number of anilines is 1. The number of hydrogen-bond donors (Lipinski definition) is 2. The van der Waals surface area contributed by atoms with Crippen molar-refractivity contribution in [1.29, 1.82) is 0 Å². The van der Waals surface area contributed by atoms with Crippen molar-refractivity contribution in [3.63, 3.8) is 0 Å². The standard InChI is InChI=1S/C12H9ClN4O2S/c13-12-14-6-5-11(15-12)17-7-9(16-20(18)19)8-3-1-2-4-10(8)17/h1-7,20H,(H,16,18,19). The summed E-state index contributed by atoms with van der Waals surface area (Å²) >= 11 is 5.79. The summed E-state index contributed by atoms with van der Waals surface area (Å²) in [7, 11) is -2.73. The molecule has 6 nitrogen and oxygen atoms in total. The molecule has 0 bridgehead atoms. The Hall–Kier alpha value is -2.12.